The highest BCUT2D eigenvalue weighted by Crippen LogP contribution is 2.28. The van der Waals surface area contributed by atoms with Gasteiger partial charge in [0.1, 0.15) is 5.60 Å². The Morgan fingerprint density at radius 2 is 2.04 bits per heavy atom. The molecule has 0 spiro atoms. The van der Waals surface area contributed by atoms with Crippen molar-refractivity contribution in [3.8, 4) is 0 Å². The summed E-state index contributed by atoms with van der Waals surface area (Å²) >= 11 is 0. The summed E-state index contributed by atoms with van der Waals surface area (Å²) < 4.78 is 5.60. The summed E-state index contributed by atoms with van der Waals surface area (Å²) in [7, 11) is 0. The lowest BCUT2D eigenvalue weighted by atomic mass is 9.99. The van der Waals surface area contributed by atoms with Crippen molar-refractivity contribution in [2.45, 2.75) is 83.9 Å². The van der Waals surface area contributed by atoms with E-state index in [0.717, 1.165) is 45.2 Å². The summed E-state index contributed by atoms with van der Waals surface area (Å²) in [6, 6.07) is 0.766. The molecule has 0 aromatic heterocycles. The van der Waals surface area contributed by atoms with Gasteiger partial charge in [-0.1, -0.05) is 24.8 Å². The van der Waals surface area contributed by atoms with E-state index in [-0.39, 0.29) is 12.1 Å². The van der Waals surface area contributed by atoms with E-state index in [4.69, 9.17) is 4.74 Å². The number of allylic oxidation sites excluding steroid dienone is 3. The molecular formula is C22H36N2O2. The van der Waals surface area contributed by atoms with Crippen molar-refractivity contribution >= 4 is 6.09 Å². The maximum Gasteiger partial charge on any atom is 0.410 e. The Labute approximate surface area is 159 Å². The van der Waals surface area contributed by atoms with Crippen LogP contribution in [0.1, 0.15) is 66.2 Å². The molecule has 1 fully saturated rings. The molecule has 0 bridgehead atoms. The first-order chi connectivity index (χ1) is 12.3. The number of nitrogens with zero attached hydrogens (tertiary/aromatic N) is 1. The molecule has 1 heterocycles. The first-order valence-electron chi connectivity index (χ1n) is 10.0. The van der Waals surface area contributed by atoms with Gasteiger partial charge < -0.3 is 15.0 Å². The Morgan fingerprint density at radius 3 is 2.69 bits per heavy atom. The third-order valence-electron chi connectivity index (χ3n) is 5.13. The Morgan fingerprint density at radius 1 is 1.31 bits per heavy atom. The third-order valence-corrected chi connectivity index (χ3v) is 5.13. The molecular weight excluding hydrogens is 324 g/mol. The molecule has 1 saturated heterocycles. The van der Waals surface area contributed by atoms with Gasteiger partial charge in [0, 0.05) is 18.6 Å². The van der Waals surface area contributed by atoms with Gasteiger partial charge in [-0.15, -0.1) is 0 Å². The van der Waals surface area contributed by atoms with E-state index in [2.05, 4.69) is 31.0 Å². The minimum atomic E-state index is -0.433. The van der Waals surface area contributed by atoms with Crippen LogP contribution in [0.25, 0.3) is 0 Å². The number of hydrogen-bond acceptors (Lipinski definition) is 3. The van der Waals surface area contributed by atoms with Crippen LogP contribution >= 0.6 is 0 Å². The van der Waals surface area contributed by atoms with Gasteiger partial charge in [0.05, 0.1) is 0 Å². The Hall–Kier alpha value is -1.55. The average molecular weight is 361 g/mol. The van der Waals surface area contributed by atoms with Crippen molar-refractivity contribution in [1.29, 1.82) is 0 Å². The molecule has 2 aliphatic rings. The lowest BCUT2D eigenvalue weighted by Gasteiger charge is -2.37. The van der Waals surface area contributed by atoms with E-state index in [1.54, 1.807) is 0 Å². The summed E-state index contributed by atoms with van der Waals surface area (Å²) in [6.07, 6.45) is 12.6. The predicted molar refractivity (Wildman–Crippen MR) is 108 cm³/mol. The van der Waals surface area contributed by atoms with E-state index in [1.807, 2.05) is 31.7 Å². The van der Waals surface area contributed by atoms with Crippen LogP contribution in [0.5, 0.6) is 0 Å². The second-order valence-corrected chi connectivity index (χ2v) is 8.43. The number of carbonyl (C=O) groups excluding carboxylic acids is 1. The SMILES string of the molecule is C=CC1=C(/C=C\C)CC(NCCC2CCCCN2C(=O)OC(C)(C)C)C1. The van der Waals surface area contributed by atoms with Gasteiger partial charge in [0.15, 0.2) is 0 Å². The lowest BCUT2D eigenvalue weighted by molar-refractivity contribution is 0.00889. The highest BCUT2D eigenvalue weighted by Gasteiger charge is 2.30. The van der Waals surface area contributed by atoms with Crippen molar-refractivity contribution in [2.24, 2.45) is 0 Å². The summed E-state index contributed by atoms with van der Waals surface area (Å²) in [5, 5.41) is 3.69. The van der Waals surface area contributed by atoms with Gasteiger partial charge in [0.25, 0.3) is 0 Å². The van der Waals surface area contributed by atoms with E-state index in [1.165, 1.54) is 17.6 Å². The molecule has 0 saturated carbocycles. The number of hydrogen-bond donors (Lipinski definition) is 1. The highest BCUT2D eigenvalue weighted by atomic mass is 16.6. The topological polar surface area (TPSA) is 41.6 Å². The molecule has 4 nitrogen and oxygen atoms in total. The second-order valence-electron chi connectivity index (χ2n) is 8.43. The number of amides is 1. The van der Waals surface area contributed by atoms with Crippen LogP contribution in [0.2, 0.25) is 0 Å². The zero-order valence-corrected chi connectivity index (χ0v) is 17.0. The van der Waals surface area contributed by atoms with Crippen molar-refractivity contribution < 1.29 is 9.53 Å². The normalized spacial score (nSPS) is 24.4. The average Bonchev–Trinajstić information content (AvgIpc) is 2.96. The van der Waals surface area contributed by atoms with Crippen LogP contribution < -0.4 is 5.32 Å². The predicted octanol–water partition coefficient (Wildman–Crippen LogP) is 4.98. The van der Waals surface area contributed by atoms with Crippen molar-refractivity contribution in [3.05, 3.63) is 36.0 Å². The van der Waals surface area contributed by atoms with Gasteiger partial charge in [0.2, 0.25) is 0 Å². The Kier molecular flexibility index (Phi) is 7.51. The van der Waals surface area contributed by atoms with Crippen molar-refractivity contribution in [2.75, 3.05) is 13.1 Å². The Bertz CT molecular complexity index is 557. The molecule has 0 radical (unpaired) electrons. The molecule has 4 heteroatoms. The number of piperidine rings is 1. The number of ether oxygens (including phenoxy) is 1. The number of rotatable bonds is 6. The number of likely N-dealkylation sites (tertiary alicyclic amines) is 1. The summed E-state index contributed by atoms with van der Waals surface area (Å²) in [5.74, 6) is 0. The van der Waals surface area contributed by atoms with Crippen molar-refractivity contribution in [1.82, 2.24) is 10.2 Å². The zero-order valence-electron chi connectivity index (χ0n) is 17.0. The number of carbonyl (C=O) groups is 1. The fraction of sp³-hybridized carbons (Fsp3) is 0.682. The summed E-state index contributed by atoms with van der Waals surface area (Å²) in [4.78, 5) is 14.4. The van der Waals surface area contributed by atoms with Crippen LogP contribution in [0.15, 0.2) is 36.0 Å². The molecule has 2 atom stereocenters. The van der Waals surface area contributed by atoms with Crippen LogP contribution in [0.4, 0.5) is 4.79 Å². The van der Waals surface area contributed by atoms with Crippen LogP contribution in [0.3, 0.4) is 0 Å². The van der Waals surface area contributed by atoms with Crippen molar-refractivity contribution in [3.63, 3.8) is 0 Å². The van der Waals surface area contributed by atoms with Gasteiger partial charge >= 0.3 is 6.09 Å². The fourth-order valence-electron chi connectivity index (χ4n) is 3.92. The Balaban J connectivity index is 1.82. The summed E-state index contributed by atoms with van der Waals surface area (Å²) in [5.41, 5.74) is 2.32. The minimum absolute atomic E-state index is 0.158. The molecule has 0 aromatic carbocycles. The fourth-order valence-corrected chi connectivity index (χ4v) is 3.92. The van der Waals surface area contributed by atoms with E-state index in [9.17, 15) is 4.79 Å². The van der Waals surface area contributed by atoms with E-state index >= 15 is 0 Å². The number of nitrogens with one attached hydrogen (secondary N) is 1. The molecule has 26 heavy (non-hydrogen) atoms. The smallest absolute Gasteiger partial charge is 0.410 e. The molecule has 0 aromatic rings. The van der Waals surface area contributed by atoms with Crippen LogP contribution in [0, 0.1) is 0 Å². The molecule has 1 aliphatic carbocycles. The molecule has 1 amide bonds. The largest absolute Gasteiger partial charge is 0.444 e. The molecule has 2 rings (SSSR count). The van der Waals surface area contributed by atoms with Gasteiger partial charge in [-0.3, -0.25) is 0 Å². The van der Waals surface area contributed by atoms with Gasteiger partial charge in [-0.05, 0) is 83.9 Å². The quantitative estimate of drug-likeness (QED) is 0.726. The minimum Gasteiger partial charge on any atom is -0.444 e. The zero-order chi connectivity index (χ0) is 19.2. The van der Waals surface area contributed by atoms with Gasteiger partial charge in [-0.25, -0.2) is 4.79 Å². The third kappa shape index (κ3) is 6.01. The first kappa shape index (κ1) is 20.8. The molecule has 1 N–H and O–H groups in total. The maximum absolute atomic E-state index is 12.5. The highest BCUT2D eigenvalue weighted by molar-refractivity contribution is 5.68. The first-order valence-corrected chi connectivity index (χ1v) is 10.0. The summed E-state index contributed by atoms with van der Waals surface area (Å²) in [6.45, 7) is 13.5. The molecule has 1 aliphatic heterocycles. The lowest BCUT2D eigenvalue weighted by Crippen LogP contribution is -2.47. The van der Waals surface area contributed by atoms with Crippen LogP contribution in [-0.4, -0.2) is 41.8 Å². The maximum atomic E-state index is 12.5. The van der Waals surface area contributed by atoms with Crippen LogP contribution in [-0.2, 0) is 4.74 Å². The second kappa shape index (κ2) is 9.40. The van der Waals surface area contributed by atoms with E-state index in [0.29, 0.717) is 6.04 Å². The molecule has 2 unspecified atom stereocenters. The van der Waals surface area contributed by atoms with Gasteiger partial charge in [-0.2, -0.15) is 0 Å². The molecule has 146 valence electrons. The monoisotopic (exact) mass is 360 g/mol. The standard InChI is InChI=1S/C22H36N2O2/c1-6-10-18-16-19(15-17(18)7-2)23-13-12-20-11-8-9-14-24(20)21(25)26-22(3,4)5/h6-7,10,19-20,23H,2,8-9,11-16H2,1,3-5H3/b10-6-. The van der Waals surface area contributed by atoms with E-state index < -0.39 is 5.60 Å².